The summed E-state index contributed by atoms with van der Waals surface area (Å²) in [6, 6.07) is 5.61. The quantitative estimate of drug-likeness (QED) is 0.907. The van der Waals surface area contributed by atoms with Gasteiger partial charge in [-0.05, 0) is 23.8 Å². The average Bonchev–Trinajstić information content (AvgIpc) is 2.37. The minimum atomic E-state index is -4.51. The third-order valence-electron chi connectivity index (χ3n) is 2.56. The summed E-state index contributed by atoms with van der Waals surface area (Å²) < 4.78 is 38.0. The zero-order chi connectivity index (χ0) is 14.9. The molecule has 0 aliphatic heterocycles. The van der Waals surface area contributed by atoms with Gasteiger partial charge in [-0.25, -0.2) is 9.78 Å². The van der Waals surface area contributed by atoms with Crippen molar-refractivity contribution in [3.63, 3.8) is 0 Å². The molecule has 2 aromatic rings. The van der Waals surface area contributed by atoms with E-state index in [1.54, 1.807) is 0 Å². The predicted octanol–water partition coefficient (Wildman–Crippen LogP) is 4.12. The number of pyridine rings is 1. The molecular weight excluding hydrogens is 295 g/mol. The molecule has 2 rings (SSSR count). The van der Waals surface area contributed by atoms with Crippen molar-refractivity contribution < 1.29 is 23.1 Å². The Hall–Kier alpha value is -2.08. The number of hydrogen-bond acceptors (Lipinski definition) is 2. The summed E-state index contributed by atoms with van der Waals surface area (Å²) in [4.78, 5) is 14.7. The zero-order valence-electron chi connectivity index (χ0n) is 9.78. The van der Waals surface area contributed by atoms with Gasteiger partial charge >= 0.3 is 12.1 Å². The van der Waals surface area contributed by atoms with Crippen LogP contribution in [-0.2, 0) is 6.18 Å². The number of carboxylic acids is 1. The molecule has 1 aromatic heterocycles. The maximum Gasteiger partial charge on any atom is 0.416 e. The second kappa shape index (κ2) is 5.13. The summed E-state index contributed by atoms with van der Waals surface area (Å²) in [6.07, 6.45) is -3.38. The number of carboxylic acid groups (broad SMARTS) is 1. The fourth-order valence-electron chi connectivity index (χ4n) is 1.69. The number of halogens is 4. The van der Waals surface area contributed by atoms with E-state index in [9.17, 15) is 18.0 Å². The Morgan fingerprint density at radius 3 is 2.55 bits per heavy atom. The van der Waals surface area contributed by atoms with E-state index >= 15 is 0 Å². The number of aromatic carboxylic acids is 1. The maximum atomic E-state index is 12.7. The molecule has 3 nitrogen and oxygen atoms in total. The largest absolute Gasteiger partial charge is 0.476 e. The topological polar surface area (TPSA) is 50.2 Å². The molecule has 1 N–H and O–H groups in total. The first-order valence-electron chi connectivity index (χ1n) is 5.35. The molecule has 0 aliphatic rings. The van der Waals surface area contributed by atoms with E-state index < -0.39 is 17.7 Å². The lowest BCUT2D eigenvalue weighted by Gasteiger charge is -2.10. The van der Waals surface area contributed by atoms with Gasteiger partial charge in [0.1, 0.15) is 0 Å². The van der Waals surface area contributed by atoms with Crippen molar-refractivity contribution in [2.24, 2.45) is 0 Å². The first-order chi connectivity index (χ1) is 9.29. The lowest BCUT2D eigenvalue weighted by Crippen LogP contribution is -2.06. The molecule has 0 atom stereocenters. The van der Waals surface area contributed by atoms with Crippen LogP contribution in [0.5, 0.6) is 0 Å². The minimum Gasteiger partial charge on any atom is -0.476 e. The molecule has 20 heavy (non-hydrogen) atoms. The highest BCUT2D eigenvalue weighted by atomic mass is 35.5. The van der Waals surface area contributed by atoms with E-state index in [1.165, 1.54) is 18.2 Å². The number of rotatable bonds is 2. The monoisotopic (exact) mass is 301 g/mol. The number of hydrogen-bond donors (Lipinski definition) is 1. The van der Waals surface area contributed by atoms with E-state index in [0.29, 0.717) is 0 Å². The van der Waals surface area contributed by atoms with Gasteiger partial charge in [0.2, 0.25) is 0 Å². The molecule has 1 heterocycles. The molecule has 0 saturated heterocycles. The number of aromatic nitrogens is 1. The van der Waals surface area contributed by atoms with Crippen molar-refractivity contribution in [1.82, 2.24) is 4.98 Å². The molecule has 0 unspecified atom stereocenters. The van der Waals surface area contributed by atoms with Crippen LogP contribution in [0.3, 0.4) is 0 Å². The van der Waals surface area contributed by atoms with Gasteiger partial charge in [-0.1, -0.05) is 23.7 Å². The van der Waals surface area contributed by atoms with Crippen molar-refractivity contribution >= 4 is 17.6 Å². The third kappa shape index (κ3) is 2.91. The smallest absolute Gasteiger partial charge is 0.416 e. The number of nitrogens with zero attached hydrogens (tertiary/aromatic N) is 1. The predicted molar refractivity (Wildman–Crippen MR) is 66.6 cm³/mol. The lowest BCUT2D eigenvalue weighted by molar-refractivity contribution is -0.137. The highest BCUT2D eigenvalue weighted by molar-refractivity contribution is 6.30. The highest BCUT2D eigenvalue weighted by Crippen LogP contribution is 2.33. The van der Waals surface area contributed by atoms with E-state index in [4.69, 9.17) is 16.7 Å². The molecular formula is C13H7ClF3NO2. The Balaban J connectivity index is 2.62. The fourth-order valence-corrected chi connectivity index (χ4v) is 1.85. The average molecular weight is 302 g/mol. The van der Waals surface area contributed by atoms with Crippen LogP contribution in [0, 0.1) is 0 Å². The van der Waals surface area contributed by atoms with Gasteiger partial charge < -0.3 is 5.11 Å². The highest BCUT2D eigenvalue weighted by Gasteiger charge is 2.30. The van der Waals surface area contributed by atoms with Gasteiger partial charge in [0.25, 0.3) is 0 Å². The molecule has 1 aromatic carbocycles. The van der Waals surface area contributed by atoms with Gasteiger partial charge in [-0.2, -0.15) is 13.2 Å². The summed E-state index contributed by atoms with van der Waals surface area (Å²) in [5.74, 6) is -1.34. The van der Waals surface area contributed by atoms with Crippen molar-refractivity contribution in [1.29, 1.82) is 0 Å². The molecule has 0 aliphatic carbocycles. The molecule has 104 valence electrons. The fraction of sp³-hybridized carbons (Fsp3) is 0.0769. The summed E-state index contributed by atoms with van der Waals surface area (Å²) >= 11 is 5.72. The van der Waals surface area contributed by atoms with Crippen LogP contribution in [0.1, 0.15) is 16.1 Å². The van der Waals surface area contributed by atoms with Crippen molar-refractivity contribution in [3.8, 4) is 11.1 Å². The Kier molecular flexibility index (Phi) is 3.67. The number of alkyl halides is 3. The molecule has 0 saturated carbocycles. The van der Waals surface area contributed by atoms with Crippen LogP contribution in [0.15, 0.2) is 36.5 Å². The first-order valence-corrected chi connectivity index (χ1v) is 5.73. The standard InChI is InChI=1S/C13H7ClF3NO2/c14-9-5-10(11(12(19)20)18-6-9)7-2-1-3-8(4-7)13(15,16)17/h1-6H,(H,19,20). The summed E-state index contributed by atoms with van der Waals surface area (Å²) in [5, 5.41) is 9.16. The lowest BCUT2D eigenvalue weighted by atomic mass is 10.0. The second-order valence-electron chi connectivity index (χ2n) is 3.93. The summed E-state index contributed by atoms with van der Waals surface area (Å²) in [5.41, 5.74) is -1.09. The van der Waals surface area contributed by atoms with Crippen molar-refractivity contribution in [3.05, 3.63) is 52.8 Å². The third-order valence-corrected chi connectivity index (χ3v) is 2.76. The van der Waals surface area contributed by atoms with Gasteiger partial charge in [-0.3, -0.25) is 0 Å². The zero-order valence-corrected chi connectivity index (χ0v) is 10.5. The Bertz CT molecular complexity index is 671. The maximum absolute atomic E-state index is 12.7. The van der Waals surface area contributed by atoms with E-state index in [0.717, 1.165) is 18.3 Å². The van der Waals surface area contributed by atoms with Crippen LogP contribution in [0.4, 0.5) is 13.2 Å². The van der Waals surface area contributed by atoms with E-state index in [-0.39, 0.29) is 21.8 Å². The Morgan fingerprint density at radius 1 is 1.25 bits per heavy atom. The molecule has 0 fully saturated rings. The van der Waals surface area contributed by atoms with Gasteiger partial charge in [0, 0.05) is 11.8 Å². The van der Waals surface area contributed by atoms with Crippen LogP contribution in [0.2, 0.25) is 5.02 Å². The Labute approximate surface area is 116 Å². The summed E-state index contributed by atoms with van der Waals surface area (Å²) in [7, 11) is 0. The van der Waals surface area contributed by atoms with Crippen LogP contribution >= 0.6 is 11.6 Å². The van der Waals surface area contributed by atoms with E-state index in [1.807, 2.05) is 0 Å². The minimum absolute atomic E-state index is 0.0381. The SMILES string of the molecule is O=C(O)c1ncc(Cl)cc1-c1cccc(C(F)(F)F)c1. The van der Waals surface area contributed by atoms with Crippen LogP contribution in [0.25, 0.3) is 11.1 Å². The molecule has 0 spiro atoms. The van der Waals surface area contributed by atoms with Crippen molar-refractivity contribution in [2.45, 2.75) is 6.18 Å². The normalized spacial score (nSPS) is 11.4. The summed E-state index contributed by atoms with van der Waals surface area (Å²) in [6.45, 7) is 0. The van der Waals surface area contributed by atoms with Crippen LogP contribution in [-0.4, -0.2) is 16.1 Å². The van der Waals surface area contributed by atoms with Crippen LogP contribution < -0.4 is 0 Å². The molecule has 7 heteroatoms. The first kappa shape index (κ1) is 14.3. The van der Waals surface area contributed by atoms with Gasteiger partial charge in [-0.15, -0.1) is 0 Å². The number of carbonyl (C=O) groups is 1. The van der Waals surface area contributed by atoms with Gasteiger partial charge in [0.05, 0.1) is 10.6 Å². The molecule has 0 bridgehead atoms. The number of benzene rings is 1. The second-order valence-corrected chi connectivity index (χ2v) is 4.37. The molecule has 0 amide bonds. The Morgan fingerprint density at radius 2 is 1.95 bits per heavy atom. The molecule has 0 radical (unpaired) electrons. The van der Waals surface area contributed by atoms with Crippen molar-refractivity contribution in [2.75, 3.05) is 0 Å². The van der Waals surface area contributed by atoms with Gasteiger partial charge in [0.15, 0.2) is 5.69 Å². The van der Waals surface area contributed by atoms with E-state index in [2.05, 4.69) is 4.98 Å².